The van der Waals surface area contributed by atoms with Crippen LogP contribution in [0.4, 0.5) is 0 Å². The van der Waals surface area contributed by atoms with E-state index in [1.54, 1.807) is 11.6 Å². The van der Waals surface area contributed by atoms with E-state index in [1.165, 1.54) is 0 Å². The Hall–Kier alpha value is -2.36. The molecule has 0 unspecified atom stereocenters. The lowest BCUT2D eigenvalue weighted by Gasteiger charge is -2.01. The number of aromatic nitrogens is 3. The Morgan fingerprint density at radius 2 is 2.11 bits per heavy atom. The summed E-state index contributed by atoms with van der Waals surface area (Å²) in [4.78, 5) is 4.47. The van der Waals surface area contributed by atoms with Crippen LogP contribution in [0.15, 0.2) is 48.7 Å². The predicted molar refractivity (Wildman–Crippen MR) is 68.8 cm³/mol. The molecule has 0 aliphatic carbocycles. The van der Waals surface area contributed by atoms with Crippen LogP contribution < -0.4 is 4.74 Å². The third-order valence-corrected chi connectivity index (χ3v) is 2.78. The van der Waals surface area contributed by atoms with Crippen LogP contribution in [0.1, 0.15) is 11.4 Å². The molecule has 0 spiro atoms. The molecule has 0 saturated heterocycles. The molecule has 4 nitrogen and oxygen atoms in total. The van der Waals surface area contributed by atoms with Gasteiger partial charge in [-0.15, -0.1) is 0 Å². The van der Waals surface area contributed by atoms with E-state index < -0.39 is 0 Å². The van der Waals surface area contributed by atoms with Crippen LogP contribution in [0, 0.1) is 0 Å². The van der Waals surface area contributed by atoms with Gasteiger partial charge in [0, 0.05) is 12.6 Å². The summed E-state index contributed by atoms with van der Waals surface area (Å²) >= 11 is 0. The number of pyridine rings is 1. The van der Waals surface area contributed by atoms with Gasteiger partial charge in [-0.3, -0.25) is 0 Å². The molecule has 0 aliphatic heterocycles. The number of hydrogen-bond donors (Lipinski definition) is 0. The Bertz CT molecular complexity index is 642. The molecule has 0 N–H and O–H groups in total. The lowest BCUT2D eigenvalue weighted by molar-refractivity contribution is 0.414. The number of methoxy groups -OCH3 is 1. The van der Waals surface area contributed by atoms with Crippen molar-refractivity contribution in [2.75, 3.05) is 7.11 Å². The van der Waals surface area contributed by atoms with Gasteiger partial charge in [0.25, 0.3) is 0 Å². The smallest absolute Gasteiger partial charge is 0.156 e. The topological polar surface area (TPSA) is 39.4 Å². The second-order valence-corrected chi connectivity index (χ2v) is 4.06. The van der Waals surface area contributed by atoms with Gasteiger partial charge in [0.05, 0.1) is 7.11 Å². The van der Waals surface area contributed by atoms with Gasteiger partial charge in [-0.2, -0.15) is 5.10 Å². The molecule has 4 heteroatoms. The number of hydrogen-bond acceptors (Lipinski definition) is 3. The van der Waals surface area contributed by atoms with Gasteiger partial charge in [-0.25, -0.2) is 9.50 Å². The monoisotopic (exact) mass is 239 g/mol. The lowest BCUT2D eigenvalue weighted by Crippen LogP contribution is -1.93. The highest BCUT2D eigenvalue weighted by molar-refractivity contribution is 5.37. The highest BCUT2D eigenvalue weighted by atomic mass is 16.5. The number of benzene rings is 1. The molecule has 0 saturated carbocycles. The fourth-order valence-electron chi connectivity index (χ4n) is 1.92. The zero-order valence-corrected chi connectivity index (χ0v) is 10.1. The maximum Gasteiger partial charge on any atom is 0.156 e. The maximum absolute atomic E-state index is 5.21. The molecule has 3 rings (SSSR count). The third-order valence-electron chi connectivity index (χ3n) is 2.78. The first-order chi connectivity index (χ1) is 8.85. The fraction of sp³-hybridized carbons (Fsp3) is 0.143. The molecule has 0 radical (unpaired) electrons. The van der Waals surface area contributed by atoms with Gasteiger partial charge in [-0.05, 0) is 29.8 Å². The fourth-order valence-corrected chi connectivity index (χ4v) is 1.92. The Kier molecular flexibility index (Phi) is 2.68. The second kappa shape index (κ2) is 4.49. The van der Waals surface area contributed by atoms with Crippen molar-refractivity contribution in [3.05, 3.63) is 60.0 Å². The zero-order chi connectivity index (χ0) is 12.4. The van der Waals surface area contributed by atoms with Crippen molar-refractivity contribution < 1.29 is 4.74 Å². The van der Waals surface area contributed by atoms with Crippen LogP contribution in [0.2, 0.25) is 0 Å². The summed E-state index contributed by atoms with van der Waals surface area (Å²) in [5.41, 5.74) is 2.01. The standard InChI is InChI=1S/C14H13N3O/c1-18-12-6-4-5-11(9-12)10-13-15-14-7-2-3-8-17(14)16-13/h2-9H,10H2,1H3. The molecule has 18 heavy (non-hydrogen) atoms. The maximum atomic E-state index is 5.21. The molecule has 2 aromatic heterocycles. The van der Waals surface area contributed by atoms with Crippen molar-refractivity contribution in [2.24, 2.45) is 0 Å². The quantitative estimate of drug-likeness (QED) is 0.704. The molecule has 0 aliphatic rings. The van der Waals surface area contributed by atoms with Crippen LogP contribution >= 0.6 is 0 Å². The molecule has 90 valence electrons. The van der Waals surface area contributed by atoms with Gasteiger partial charge in [0.2, 0.25) is 0 Å². The molecule has 0 fully saturated rings. The van der Waals surface area contributed by atoms with Gasteiger partial charge in [0.15, 0.2) is 11.5 Å². The first kappa shape index (κ1) is 10.8. The minimum Gasteiger partial charge on any atom is -0.497 e. The summed E-state index contributed by atoms with van der Waals surface area (Å²) in [6.07, 6.45) is 2.61. The number of fused-ring (bicyclic) bond motifs is 1. The molecule has 3 aromatic rings. The third kappa shape index (κ3) is 2.05. The zero-order valence-electron chi connectivity index (χ0n) is 10.1. The lowest BCUT2D eigenvalue weighted by atomic mass is 10.1. The normalized spacial score (nSPS) is 10.7. The molecular weight excluding hydrogens is 226 g/mol. The number of nitrogens with zero attached hydrogens (tertiary/aromatic N) is 3. The summed E-state index contributed by atoms with van der Waals surface area (Å²) in [5, 5.41) is 4.43. The van der Waals surface area contributed by atoms with Crippen molar-refractivity contribution in [1.82, 2.24) is 14.6 Å². The van der Waals surface area contributed by atoms with E-state index in [0.29, 0.717) is 6.42 Å². The molecule has 0 atom stereocenters. The summed E-state index contributed by atoms with van der Waals surface area (Å²) in [5.74, 6) is 1.67. The van der Waals surface area contributed by atoms with E-state index >= 15 is 0 Å². The van der Waals surface area contributed by atoms with E-state index in [4.69, 9.17) is 4.74 Å². The first-order valence-electron chi connectivity index (χ1n) is 5.78. The average molecular weight is 239 g/mol. The van der Waals surface area contributed by atoms with Crippen LogP contribution in [-0.4, -0.2) is 21.7 Å². The summed E-state index contributed by atoms with van der Waals surface area (Å²) in [6.45, 7) is 0. The molecule has 0 amide bonds. The van der Waals surface area contributed by atoms with Crippen LogP contribution in [0.5, 0.6) is 5.75 Å². The van der Waals surface area contributed by atoms with Gasteiger partial charge in [-0.1, -0.05) is 18.2 Å². The number of rotatable bonds is 3. The van der Waals surface area contributed by atoms with Crippen molar-refractivity contribution in [1.29, 1.82) is 0 Å². The predicted octanol–water partition coefficient (Wildman–Crippen LogP) is 2.33. The molecule has 2 heterocycles. The summed E-state index contributed by atoms with van der Waals surface area (Å²) in [7, 11) is 1.67. The van der Waals surface area contributed by atoms with Crippen molar-refractivity contribution in [2.45, 2.75) is 6.42 Å². The number of ether oxygens (including phenoxy) is 1. The summed E-state index contributed by atoms with van der Waals surface area (Å²) in [6, 6.07) is 13.8. The Labute approximate surface area is 105 Å². The Balaban J connectivity index is 1.91. The Morgan fingerprint density at radius 1 is 1.17 bits per heavy atom. The molecule has 1 aromatic carbocycles. The van der Waals surface area contributed by atoms with Crippen molar-refractivity contribution in [3.63, 3.8) is 0 Å². The van der Waals surface area contributed by atoms with Crippen LogP contribution in [-0.2, 0) is 6.42 Å². The van der Waals surface area contributed by atoms with E-state index in [2.05, 4.69) is 10.1 Å². The minimum absolute atomic E-state index is 0.707. The first-order valence-corrected chi connectivity index (χ1v) is 5.78. The average Bonchev–Trinajstić information content (AvgIpc) is 2.81. The van der Waals surface area contributed by atoms with Gasteiger partial charge >= 0.3 is 0 Å². The largest absolute Gasteiger partial charge is 0.497 e. The van der Waals surface area contributed by atoms with Crippen molar-refractivity contribution in [3.8, 4) is 5.75 Å². The highest BCUT2D eigenvalue weighted by Gasteiger charge is 2.04. The van der Waals surface area contributed by atoms with Gasteiger partial charge < -0.3 is 4.74 Å². The SMILES string of the molecule is COc1cccc(Cc2nc3ccccn3n2)c1. The summed E-state index contributed by atoms with van der Waals surface area (Å²) < 4.78 is 6.99. The van der Waals surface area contributed by atoms with E-state index in [9.17, 15) is 0 Å². The van der Waals surface area contributed by atoms with E-state index in [0.717, 1.165) is 22.8 Å². The minimum atomic E-state index is 0.707. The highest BCUT2D eigenvalue weighted by Crippen LogP contribution is 2.15. The van der Waals surface area contributed by atoms with E-state index in [-0.39, 0.29) is 0 Å². The van der Waals surface area contributed by atoms with Crippen LogP contribution in [0.25, 0.3) is 5.65 Å². The molecule has 0 bridgehead atoms. The van der Waals surface area contributed by atoms with Crippen molar-refractivity contribution >= 4 is 5.65 Å². The second-order valence-electron chi connectivity index (χ2n) is 4.06. The van der Waals surface area contributed by atoms with Gasteiger partial charge in [0.1, 0.15) is 5.75 Å². The Morgan fingerprint density at radius 3 is 2.94 bits per heavy atom. The van der Waals surface area contributed by atoms with Crippen LogP contribution in [0.3, 0.4) is 0 Å². The van der Waals surface area contributed by atoms with E-state index in [1.807, 2.05) is 48.7 Å². The molecular formula is C14H13N3O.